The van der Waals surface area contributed by atoms with Crippen molar-refractivity contribution in [2.75, 3.05) is 20.1 Å². The molecule has 0 spiro atoms. The molecule has 1 aromatic rings. The van der Waals surface area contributed by atoms with Crippen molar-refractivity contribution in [2.45, 2.75) is 32.9 Å². The van der Waals surface area contributed by atoms with Gasteiger partial charge >= 0.3 is 0 Å². The lowest BCUT2D eigenvalue weighted by atomic mass is 10.1. The highest BCUT2D eigenvalue weighted by Gasteiger charge is 2.07. The number of nitrogens with one attached hydrogen (secondary N) is 3. The van der Waals surface area contributed by atoms with Gasteiger partial charge in [0.2, 0.25) is 0 Å². The summed E-state index contributed by atoms with van der Waals surface area (Å²) in [6.45, 7) is 8.56. The third-order valence-corrected chi connectivity index (χ3v) is 2.65. The van der Waals surface area contributed by atoms with Crippen molar-refractivity contribution in [3.05, 3.63) is 35.6 Å². The number of benzene rings is 1. The first-order valence-corrected chi connectivity index (χ1v) is 6.85. The summed E-state index contributed by atoms with van der Waals surface area (Å²) in [5, 5.41) is 9.75. The van der Waals surface area contributed by atoms with E-state index in [9.17, 15) is 4.39 Å². The first-order chi connectivity index (χ1) is 9.40. The second-order valence-corrected chi connectivity index (χ2v) is 5.66. The number of aliphatic imine (C=N–C) groups is 1. The molecule has 0 saturated carbocycles. The highest BCUT2D eigenvalue weighted by atomic mass is 127. The summed E-state index contributed by atoms with van der Waals surface area (Å²) in [5.74, 6) is 0.492. The Morgan fingerprint density at radius 3 is 2.48 bits per heavy atom. The molecule has 0 bridgehead atoms. The van der Waals surface area contributed by atoms with Crippen molar-refractivity contribution >= 4 is 29.9 Å². The normalized spacial score (nSPS) is 11.8. The van der Waals surface area contributed by atoms with Crippen LogP contribution in [0, 0.1) is 5.82 Å². The summed E-state index contributed by atoms with van der Waals surface area (Å²) in [6, 6.07) is 6.54. The zero-order valence-electron chi connectivity index (χ0n) is 13.2. The number of hydrogen-bond donors (Lipinski definition) is 3. The second kappa shape index (κ2) is 9.94. The van der Waals surface area contributed by atoms with Crippen molar-refractivity contribution in [3.8, 4) is 0 Å². The van der Waals surface area contributed by atoms with Crippen LogP contribution in [0.25, 0.3) is 0 Å². The van der Waals surface area contributed by atoms with Crippen molar-refractivity contribution in [1.29, 1.82) is 0 Å². The summed E-state index contributed by atoms with van der Waals surface area (Å²) in [6.07, 6.45) is 0. The van der Waals surface area contributed by atoms with E-state index < -0.39 is 0 Å². The highest BCUT2D eigenvalue weighted by molar-refractivity contribution is 14.0. The zero-order valence-corrected chi connectivity index (χ0v) is 15.5. The monoisotopic (exact) mass is 408 g/mol. The van der Waals surface area contributed by atoms with Crippen LogP contribution in [-0.2, 0) is 6.54 Å². The van der Waals surface area contributed by atoms with Gasteiger partial charge in [0, 0.05) is 32.2 Å². The average molecular weight is 408 g/mol. The van der Waals surface area contributed by atoms with Crippen LogP contribution in [0.15, 0.2) is 29.3 Å². The molecule has 21 heavy (non-hydrogen) atoms. The fraction of sp³-hybridized carbons (Fsp3) is 0.533. The lowest BCUT2D eigenvalue weighted by molar-refractivity contribution is 0.428. The van der Waals surface area contributed by atoms with Gasteiger partial charge in [0.05, 0.1) is 0 Å². The van der Waals surface area contributed by atoms with E-state index in [0.29, 0.717) is 12.5 Å². The first kappa shape index (κ1) is 20.1. The van der Waals surface area contributed by atoms with Gasteiger partial charge in [0.15, 0.2) is 5.96 Å². The van der Waals surface area contributed by atoms with Crippen LogP contribution in [0.3, 0.4) is 0 Å². The molecule has 0 saturated heterocycles. The van der Waals surface area contributed by atoms with E-state index in [2.05, 4.69) is 41.7 Å². The summed E-state index contributed by atoms with van der Waals surface area (Å²) in [4.78, 5) is 4.13. The second-order valence-electron chi connectivity index (χ2n) is 5.66. The van der Waals surface area contributed by atoms with E-state index in [0.717, 1.165) is 18.7 Å². The Morgan fingerprint density at radius 1 is 1.19 bits per heavy atom. The van der Waals surface area contributed by atoms with Gasteiger partial charge in [-0.2, -0.15) is 0 Å². The van der Waals surface area contributed by atoms with Gasteiger partial charge in [0.1, 0.15) is 5.82 Å². The fourth-order valence-corrected chi connectivity index (χ4v) is 1.67. The first-order valence-electron chi connectivity index (χ1n) is 6.85. The van der Waals surface area contributed by atoms with Crippen LogP contribution in [0.2, 0.25) is 0 Å². The van der Waals surface area contributed by atoms with E-state index in [1.54, 1.807) is 13.1 Å². The van der Waals surface area contributed by atoms with Crippen molar-refractivity contribution in [3.63, 3.8) is 0 Å². The number of rotatable bonds is 5. The molecule has 0 aliphatic heterocycles. The Morgan fingerprint density at radius 2 is 1.90 bits per heavy atom. The molecule has 1 aromatic carbocycles. The summed E-state index contributed by atoms with van der Waals surface area (Å²) in [7, 11) is 1.72. The Bertz CT molecular complexity index is 444. The maximum Gasteiger partial charge on any atom is 0.191 e. The lowest BCUT2D eigenvalue weighted by Gasteiger charge is -2.21. The molecule has 1 rings (SSSR count). The molecule has 0 unspecified atom stereocenters. The van der Waals surface area contributed by atoms with Crippen LogP contribution in [-0.4, -0.2) is 31.6 Å². The predicted octanol–water partition coefficient (Wildman–Crippen LogP) is 2.50. The molecule has 0 heterocycles. The molecule has 120 valence electrons. The minimum atomic E-state index is -0.221. The number of hydrogen-bond acceptors (Lipinski definition) is 2. The van der Waals surface area contributed by atoms with Gasteiger partial charge in [-0.15, -0.1) is 24.0 Å². The molecule has 0 amide bonds. The van der Waals surface area contributed by atoms with Gasteiger partial charge in [-0.05, 0) is 38.5 Å². The Kier molecular flexibility index (Phi) is 9.52. The molecular weight excluding hydrogens is 382 g/mol. The van der Waals surface area contributed by atoms with E-state index in [1.165, 1.54) is 12.1 Å². The largest absolute Gasteiger partial charge is 0.355 e. The number of guanidine groups is 1. The standard InChI is InChI=1S/C15H25FN4.HI/c1-15(2,3)20-9-8-18-14(17-4)19-11-12-6-5-7-13(16)10-12;/h5-7,10,20H,8-9,11H2,1-4H3,(H2,17,18,19);1H. The minimum absolute atomic E-state index is 0. The third kappa shape index (κ3) is 9.62. The van der Waals surface area contributed by atoms with Gasteiger partial charge in [-0.1, -0.05) is 12.1 Å². The van der Waals surface area contributed by atoms with Crippen molar-refractivity contribution < 1.29 is 4.39 Å². The quantitative estimate of drug-likeness (QED) is 0.304. The average Bonchev–Trinajstić information content (AvgIpc) is 2.37. The van der Waals surface area contributed by atoms with E-state index in [4.69, 9.17) is 0 Å². The Hall–Kier alpha value is -0.890. The zero-order chi connectivity index (χ0) is 15.0. The third-order valence-electron chi connectivity index (χ3n) is 2.65. The summed E-state index contributed by atoms with van der Waals surface area (Å²) >= 11 is 0. The van der Waals surface area contributed by atoms with Crippen LogP contribution in [0.5, 0.6) is 0 Å². The number of halogens is 2. The van der Waals surface area contributed by atoms with Gasteiger partial charge in [0.25, 0.3) is 0 Å². The van der Waals surface area contributed by atoms with Crippen LogP contribution >= 0.6 is 24.0 Å². The molecular formula is C15H26FIN4. The van der Waals surface area contributed by atoms with Gasteiger partial charge in [-0.3, -0.25) is 4.99 Å². The molecule has 0 fully saturated rings. The van der Waals surface area contributed by atoms with E-state index in [1.807, 2.05) is 6.07 Å². The minimum Gasteiger partial charge on any atom is -0.355 e. The molecule has 6 heteroatoms. The van der Waals surface area contributed by atoms with Gasteiger partial charge in [-0.25, -0.2) is 4.39 Å². The fourth-order valence-electron chi connectivity index (χ4n) is 1.67. The maximum absolute atomic E-state index is 13.1. The lowest BCUT2D eigenvalue weighted by Crippen LogP contribution is -2.44. The van der Waals surface area contributed by atoms with Crippen LogP contribution in [0.4, 0.5) is 4.39 Å². The topological polar surface area (TPSA) is 48.5 Å². The Balaban J connectivity index is 0.00000400. The highest BCUT2D eigenvalue weighted by Crippen LogP contribution is 2.02. The van der Waals surface area contributed by atoms with Crippen LogP contribution < -0.4 is 16.0 Å². The maximum atomic E-state index is 13.1. The Labute approximate surface area is 144 Å². The smallest absolute Gasteiger partial charge is 0.191 e. The molecule has 0 aromatic heterocycles. The van der Waals surface area contributed by atoms with Gasteiger partial charge < -0.3 is 16.0 Å². The van der Waals surface area contributed by atoms with E-state index in [-0.39, 0.29) is 35.3 Å². The summed E-state index contributed by atoms with van der Waals surface area (Å²) < 4.78 is 13.1. The molecule has 0 radical (unpaired) electrons. The molecule has 0 aliphatic carbocycles. The molecule has 3 N–H and O–H groups in total. The molecule has 0 atom stereocenters. The molecule has 0 aliphatic rings. The van der Waals surface area contributed by atoms with E-state index >= 15 is 0 Å². The SMILES string of the molecule is CN=C(NCCNC(C)(C)C)NCc1cccc(F)c1.I. The van der Waals surface area contributed by atoms with Crippen molar-refractivity contribution in [2.24, 2.45) is 4.99 Å². The number of nitrogens with zero attached hydrogens (tertiary/aromatic N) is 1. The van der Waals surface area contributed by atoms with Crippen LogP contribution in [0.1, 0.15) is 26.3 Å². The molecule has 4 nitrogen and oxygen atoms in total. The summed E-state index contributed by atoms with van der Waals surface area (Å²) in [5.41, 5.74) is 1.00. The van der Waals surface area contributed by atoms with Crippen molar-refractivity contribution in [1.82, 2.24) is 16.0 Å². The predicted molar refractivity (Wildman–Crippen MR) is 97.8 cm³/mol.